The Morgan fingerprint density at radius 3 is 2.58 bits per heavy atom. The number of ether oxygens (including phenoxy) is 1. The second-order valence-electron chi connectivity index (χ2n) is 6.17. The maximum absolute atomic E-state index is 6.01. The molecule has 3 unspecified atom stereocenters. The molecule has 1 aliphatic carbocycles. The highest BCUT2D eigenvalue weighted by atomic mass is 16.5. The molecule has 2 aliphatic rings. The minimum Gasteiger partial charge on any atom is -0.375 e. The van der Waals surface area contributed by atoms with E-state index in [9.17, 15) is 0 Å². The number of nitrogens with one attached hydrogen (secondary N) is 1. The summed E-state index contributed by atoms with van der Waals surface area (Å²) < 4.78 is 6.01. The first-order valence-electron chi connectivity index (χ1n) is 7.75. The lowest BCUT2D eigenvalue weighted by Gasteiger charge is -2.22. The Hall–Kier alpha value is -0.860. The van der Waals surface area contributed by atoms with Gasteiger partial charge in [0.1, 0.15) is 0 Å². The van der Waals surface area contributed by atoms with E-state index in [0.29, 0.717) is 18.1 Å². The Kier molecular flexibility index (Phi) is 4.19. The lowest BCUT2D eigenvalue weighted by molar-refractivity contribution is 0.0465. The maximum Gasteiger partial charge on any atom is 0.0586 e. The Morgan fingerprint density at radius 2 is 1.95 bits per heavy atom. The standard InChI is InChI=1S/C17H25NO/c1-13-7-10-17(19-13)11-15(12-18-16-8-9-16)14-5-3-2-4-6-14/h2-6,13,15-18H,7-12H2,1H3. The fourth-order valence-corrected chi connectivity index (χ4v) is 3.03. The van der Waals surface area contributed by atoms with Crippen molar-refractivity contribution in [1.29, 1.82) is 0 Å². The van der Waals surface area contributed by atoms with Crippen molar-refractivity contribution < 1.29 is 4.74 Å². The van der Waals surface area contributed by atoms with E-state index >= 15 is 0 Å². The van der Waals surface area contributed by atoms with E-state index in [4.69, 9.17) is 4.74 Å². The second-order valence-corrected chi connectivity index (χ2v) is 6.17. The first-order valence-corrected chi connectivity index (χ1v) is 7.75. The molecule has 0 spiro atoms. The van der Waals surface area contributed by atoms with Gasteiger partial charge in [0.05, 0.1) is 12.2 Å². The number of rotatable bonds is 6. The third-order valence-corrected chi connectivity index (χ3v) is 4.37. The van der Waals surface area contributed by atoms with Crippen LogP contribution in [0, 0.1) is 0 Å². The summed E-state index contributed by atoms with van der Waals surface area (Å²) in [6.45, 7) is 3.29. The SMILES string of the molecule is CC1CCC(CC(CNC2CC2)c2ccccc2)O1. The van der Waals surface area contributed by atoms with Crippen LogP contribution in [0.25, 0.3) is 0 Å². The van der Waals surface area contributed by atoms with Gasteiger partial charge in [-0.05, 0) is 50.5 Å². The van der Waals surface area contributed by atoms with E-state index in [-0.39, 0.29) is 0 Å². The highest BCUT2D eigenvalue weighted by molar-refractivity contribution is 5.20. The molecule has 1 aromatic rings. The van der Waals surface area contributed by atoms with Crippen LogP contribution in [0.4, 0.5) is 0 Å². The van der Waals surface area contributed by atoms with Gasteiger partial charge in [-0.25, -0.2) is 0 Å². The summed E-state index contributed by atoms with van der Waals surface area (Å²) in [6, 6.07) is 11.7. The van der Waals surface area contributed by atoms with Gasteiger partial charge in [-0.2, -0.15) is 0 Å². The van der Waals surface area contributed by atoms with Gasteiger partial charge in [-0.3, -0.25) is 0 Å². The van der Waals surface area contributed by atoms with Crippen LogP contribution in [0.5, 0.6) is 0 Å². The van der Waals surface area contributed by atoms with Crippen molar-refractivity contribution >= 4 is 0 Å². The smallest absolute Gasteiger partial charge is 0.0586 e. The molecule has 2 fully saturated rings. The van der Waals surface area contributed by atoms with Crippen LogP contribution in [0.3, 0.4) is 0 Å². The molecule has 0 bridgehead atoms. The van der Waals surface area contributed by atoms with Crippen LogP contribution in [0.1, 0.15) is 50.5 Å². The number of benzene rings is 1. The van der Waals surface area contributed by atoms with Crippen LogP contribution in [0.15, 0.2) is 30.3 Å². The normalized spacial score (nSPS) is 28.5. The summed E-state index contributed by atoms with van der Waals surface area (Å²) in [5.74, 6) is 0.595. The van der Waals surface area contributed by atoms with Crippen molar-refractivity contribution in [2.75, 3.05) is 6.54 Å². The lowest BCUT2D eigenvalue weighted by Crippen LogP contribution is -2.26. The lowest BCUT2D eigenvalue weighted by atomic mass is 9.92. The molecule has 1 saturated carbocycles. The first kappa shape index (κ1) is 13.1. The van der Waals surface area contributed by atoms with Crippen LogP contribution in [0.2, 0.25) is 0 Å². The van der Waals surface area contributed by atoms with Crippen molar-refractivity contribution in [3.8, 4) is 0 Å². The van der Waals surface area contributed by atoms with Crippen molar-refractivity contribution in [3.05, 3.63) is 35.9 Å². The topological polar surface area (TPSA) is 21.3 Å². The van der Waals surface area contributed by atoms with Crippen LogP contribution in [-0.4, -0.2) is 24.8 Å². The van der Waals surface area contributed by atoms with Gasteiger partial charge in [0.15, 0.2) is 0 Å². The van der Waals surface area contributed by atoms with Gasteiger partial charge in [-0.15, -0.1) is 0 Å². The molecule has 3 rings (SSSR count). The van der Waals surface area contributed by atoms with Gasteiger partial charge in [-0.1, -0.05) is 30.3 Å². The Labute approximate surface area is 116 Å². The zero-order valence-corrected chi connectivity index (χ0v) is 11.8. The zero-order valence-electron chi connectivity index (χ0n) is 11.8. The minimum absolute atomic E-state index is 0.456. The van der Waals surface area contributed by atoms with Gasteiger partial charge >= 0.3 is 0 Å². The maximum atomic E-state index is 6.01. The molecule has 19 heavy (non-hydrogen) atoms. The molecule has 1 aliphatic heterocycles. The van der Waals surface area contributed by atoms with E-state index in [1.165, 1.54) is 31.2 Å². The number of hydrogen-bond donors (Lipinski definition) is 1. The zero-order chi connectivity index (χ0) is 13.1. The molecule has 0 radical (unpaired) electrons. The van der Waals surface area contributed by atoms with Crippen molar-refractivity contribution in [1.82, 2.24) is 5.32 Å². The molecule has 104 valence electrons. The fourth-order valence-electron chi connectivity index (χ4n) is 3.03. The fraction of sp³-hybridized carbons (Fsp3) is 0.647. The van der Waals surface area contributed by atoms with Crippen molar-refractivity contribution in [2.24, 2.45) is 0 Å². The van der Waals surface area contributed by atoms with E-state index in [2.05, 4.69) is 42.6 Å². The van der Waals surface area contributed by atoms with Gasteiger partial charge in [0.25, 0.3) is 0 Å². The summed E-state index contributed by atoms with van der Waals surface area (Å²) in [7, 11) is 0. The van der Waals surface area contributed by atoms with Crippen molar-refractivity contribution in [3.63, 3.8) is 0 Å². The highest BCUT2D eigenvalue weighted by Crippen LogP contribution is 2.30. The van der Waals surface area contributed by atoms with E-state index in [1.807, 2.05) is 0 Å². The molecule has 0 aromatic heterocycles. The summed E-state index contributed by atoms with van der Waals surface area (Å²) in [4.78, 5) is 0. The minimum atomic E-state index is 0.456. The predicted octanol–water partition coefficient (Wildman–Crippen LogP) is 3.48. The summed E-state index contributed by atoms with van der Waals surface area (Å²) in [5.41, 5.74) is 1.46. The molecular weight excluding hydrogens is 234 g/mol. The first-order chi connectivity index (χ1) is 9.31. The largest absolute Gasteiger partial charge is 0.375 e. The summed E-state index contributed by atoms with van der Waals surface area (Å²) >= 11 is 0. The molecular formula is C17H25NO. The van der Waals surface area contributed by atoms with Crippen LogP contribution < -0.4 is 5.32 Å². The van der Waals surface area contributed by atoms with E-state index < -0.39 is 0 Å². The molecule has 1 saturated heterocycles. The summed E-state index contributed by atoms with van der Waals surface area (Å²) in [5, 5.41) is 3.68. The molecule has 1 aromatic carbocycles. The Morgan fingerprint density at radius 1 is 1.16 bits per heavy atom. The van der Waals surface area contributed by atoms with Gasteiger partial charge in [0.2, 0.25) is 0 Å². The third kappa shape index (κ3) is 3.80. The Balaban J connectivity index is 1.61. The van der Waals surface area contributed by atoms with Crippen molar-refractivity contribution in [2.45, 2.75) is 63.2 Å². The van der Waals surface area contributed by atoms with Gasteiger partial charge in [0, 0.05) is 12.6 Å². The van der Waals surface area contributed by atoms with Gasteiger partial charge < -0.3 is 10.1 Å². The molecule has 1 heterocycles. The van der Waals surface area contributed by atoms with Crippen LogP contribution in [-0.2, 0) is 4.74 Å². The molecule has 1 N–H and O–H groups in total. The average Bonchev–Trinajstić information content (AvgIpc) is 3.18. The van der Waals surface area contributed by atoms with Crippen LogP contribution >= 0.6 is 0 Å². The Bertz CT molecular complexity index is 388. The predicted molar refractivity (Wildman–Crippen MR) is 78.4 cm³/mol. The number of hydrogen-bond acceptors (Lipinski definition) is 2. The molecule has 2 nitrogen and oxygen atoms in total. The molecule has 3 atom stereocenters. The quantitative estimate of drug-likeness (QED) is 0.844. The molecule has 0 amide bonds. The molecule has 2 heteroatoms. The highest BCUT2D eigenvalue weighted by Gasteiger charge is 2.27. The van der Waals surface area contributed by atoms with E-state index in [0.717, 1.165) is 19.0 Å². The monoisotopic (exact) mass is 259 g/mol. The second kappa shape index (κ2) is 6.06. The summed E-state index contributed by atoms with van der Waals surface area (Å²) in [6.07, 6.45) is 7.25. The average molecular weight is 259 g/mol. The third-order valence-electron chi connectivity index (χ3n) is 4.37. The van der Waals surface area contributed by atoms with E-state index in [1.54, 1.807) is 0 Å².